The molecular formula is C13H9NO5. The zero-order valence-electron chi connectivity index (χ0n) is 9.61. The third-order valence-electron chi connectivity index (χ3n) is 2.62. The molecule has 0 amide bonds. The van der Waals surface area contributed by atoms with Crippen molar-refractivity contribution in [2.75, 3.05) is 0 Å². The third kappa shape index (κ3) is 2.37. The molecule has 0 heterocycles. The van der Waals surface area contributed by atoms with E-state index in [4.69, 9.17) is 5.11 Å². The van der Waals surface area contributed by atoms with Crippen molar-refractivity contribution in [3.05, 3.63) is 58.1 Å². The molecule has 6 nitrogen and oxygen atoms in total. The van der Waals surface area contributed by atoms with Crippen molar-refractivity contribution in [1.29, 1.82) is 0 Å². The number of aromatic carboxylic acids is 1. The number of phenols is 1. The summed E-state index contributed by atoms with van der Waals surface area (Å²) in [6, 6.07) is 9.56. The lowest BCUT2D eigenvalue weighted by Crippen LogP contribution is -1.97. The molecule has 19 heavy (non-hydrogen) atoms. The molecular weight excluding hydrogens is 250 g/mol. The monoisotopic (exact) mass is 259 g/mol. The van der Waals surface area contributed by atoms with Gasteiger partial charge in [-0.1, -0.05) is 18.2 Å². The number of nitro benzene ring substituents is 1. The highest BCUT2D eigenvalue weighted by atomic mass is 16.6. The van der Waals surface area contributed by atoms with Gasteiger partial charge in [-0.05, 0) is 23.8 Å². The summed E-state index contributed by atoms with van der Waals surface area (Å²) in [5, 5.41) is 29.6. The molecule has 0 aliphatic rings. The van der Waals surface area contributed by atoms with Gasteiger partial charge in [0.05, 0.1) is 10.5 Å². The average Bonchev–Trinajstić information content (AvgIpc) is 2.38. The van der Waals surface area contributed by atoms with Crippen molar-refractivity contribution in [3.8, 4) is 16.9 Å². The summed E-state index contributed by atoms with van der Waals surface area (Å²) in [5.74, 6) is -1.41. The van der Waals surface area contributed by atoms with Crippen LogP contribution in [0.4, 0.5) is 5.69 Å². The first kappa shape index (κ1) is 12.6. The highest BCUT2D eigenvalue weighted by Gasteiger charge is 2.19. The number of carboxylic acids is 1. The van der Waals surface area contributed by atoms with Gasteiger partial charge in [0, 0.05) is 6.07 Å². The third-order valence-corrected chi connectivity index (χ3v) is 2.62. The number of hydrogen-bond donors (Lipinski definition) is 2. The SMILES string of the molecule is O=C(O)c1cccc(-c2c(O)cccc2[N+](=O)[O-])c1. The van der Waals surface area contributed by atoms with Crippen LogP contribution in [-0.4, -0.2) is 21.1 Å². The highest BCUT2D eigenvalue weighted by molar-refractivity contribution is 5.90. The molecule has 0 spiro atoms. The van der Waals surface area contributed by atoms with Crippen molar-refractivity contribution >= 4 is 11.7 Å². The molecule has 0 fully saturated rings. The molecule has 2 N–H and O–H groups in total. The minimum absolute atomic E-state index is 0.00458. The van der Waals surface area contributed by atoms with E-state index in [9.17, 15) is 20.0 Å². The van der Waals surface area contributed by atoms with Crippen molar-refractivity contribution in [1.82, 2.24) is 0 Å². The van der Waals surface area contributed by atoms with Crippen LogP contribution >= 0.6 is 0 Å². The maximum absolute atomic E-state index is 10.9. The van der Waals surface area contributed by atoms with E-state index in [1.807, 2.05) is 0 Å². The van der Waals surface area contributed by atoms with E-state index in [1.54, 1.807) is 0 Å². The second-order valence-corrected chi connectivity index (χ2v) is 3.81. The van der Waals surface area contributed by atoms with Crippen LogP contribution in [0.25, 0.3) is 11.1 Å². The van der Waals surface area contributed by atoms with Crippen LogP contribution in [0.1, 0.15) is 10.4 Å². The number of hydrogen-bond acceptors (Lipinski definition) is 4. The molecule has 2 aromatic carbocycles. The molecule has 0 aromatic heterocycles. The predicted molar refractivity (Wildman–Crippen MR) is 67.2 cm³/mol. The van der Waals surface area contributed by atoms with Crippen LogP contribution in [0.2, 0.25) is 0 Å². The van der Waals surface area contributed by atoms with Crippen molar-refractivity contribution in [2.24, 2.45) is 0 Å². The van der Waals surface area contributed by atoms with Gasteiger partial charge in [-0.15, -0.1) is 0 Å². The van der Waals surface area contributed by atoms with Crippen molar-refractivity contribution in [2.45, 2.75) is 0 Å². The number of nitro groups is 1. The number of carboxylic acid groups (broad SMARTS) is 1. The molecule has 0 unspecified atom stereocenters. The fourth-order valence-electron chi connectivity index (χ4n) is 1.78. The van der Waals surface area contributed by atoms with E-state index >= 15 is 0 Å². The average molecular weight is 259 g/mol. The second-order valence-electron chi connectivity index (χ2n) is 3.81. The van der Waals surface area contributed by atoms with E-state index < -0.39 is 10.9 Å². The summed E-state index contributed by atoms with van der Waals surface area (Å²) in [6.45, 7) is 0. The number of carbonyl (C=O) groups is 1. The van der Waals surface area contributed by atoms with Gasteiger partial charge in [-0.3, -0.25) is 10.1 Å². The molecule has 0 saturated heterocycles. The number of rotatable bonds is 3. The Hall–Kier alpha value is -2.89. The molecule has 6 heteroatoms. The van der Waals surface area contributed by atoms with E-state index in [2.05, 4.69) is 0 Å². The zero-order valence-corrected chi connectivity index (χ0v) is 9.61. The van der Waals surface area contributed by atoms with Gasteiger partial charge < -0.3 is 10.2 Å². The molecule has 0 saturated carbocycles. The lowest BCUT2D eigenvalue weighted by molar-refractivity contribution is -0.384. The molecule has 0 aliphatic carbocycles. The van der Waals surface area contributed by atoms with E-state index in [-0.39, 0.29) is 28.1 Å². The Balaban J connectivity index is 2.68. The Morgan fingerprint density at radius 3 is 2.47 bits per heavy atom. The van der Waals surface area contributed by atoms with Crippen molar-refractivity contribution < 1.29 is 19.9 Å². The molecule has 2 aromatic rings. The van der Waals surface area contributed by atoms with Crippen LogP contribution in [0.5, 0.6) is 5.75 Å². The standard InChI is InChI=1S/C13H9NO5/c15-11-6-2-5-10(14(18)19)12(11)8-3-1-4-9(7-8)13(16)17/h1-7,15H,(H,16,17). The summed E-state index contributed by atoms with van der Waals surface area (Å²) in [4.78, 5) is 21.2. The largest absolute Gasteiger partial charge is 0.507 e. The lowest BCUT2D eigenvalue weighted by Gasteiger charge is -2.06. The first-order chi connectivity index (χ1) is 9.00. The fourth-order valence-corrected chi connectivity index (χ4v) is 1.78. The van der Waals surface area contributed by atoms with Crippen LogP contribution in [0.15, 0.2) is 42.5 Å². The van der Waals surface area contributed by atoms with Gasteiger partial charge in [0.1, 0.15) is 11.3 Å². The van der Waals surface area contributed by atoms with Crippen LogP contribution in [-0.2, 0) is 0 Å². The number of nitrogens with zero attached hydrogens (tertiary/aromatic N) is 1. The first-order valence-electron chi connectivity index (χ1n) is 5.31. The molecule has 2 rings (SSSR count). The Morgan fingerprint density at radius 2 is 1.84 bits per heavy atom. The number of phenolic OH excluding ortho intramolecular Hbond substituents is 1. The minimum atomic E-state index is -1.14. The lowest BCUT2D eigenvalue weighted by atomic mass is 10.0. The van der Waals surface area contributed by atoms with Gasteiger partial charge in [0.2, 0.25) is 0 Å². The fraction of sp³-hybridized carbons (Fsp3) is 0. The number of aromatic hydroxyl groups is 1. The maximum atomic E-state index is 10.9. The van der Waals surface area contributed by atoms with Gasteiger partial charge in [-0.25, -0.2) is 4.79 Å². The Kier molecular flexibility index (Phi) is 3.15. The summed E-state index contributed by atoms with van der Waals surface area (Å²) in [6.07, 6.45) is 0. The molecule has 0 bridgehead atoms. The summed E-state index contributed by atoms with van der Waals surface area (Å²) >= 11 is 0. The van der Waals surface area contributed by atoms with Gasteiger partial charge >= 0.3 is 5.97 Å². The first-order valence-corrected chi connectivity index (χ1v) is 5.31. The zero-order chi connectivity index (χ0) is 14.0. The quantitative estimate of drug-likeness (QED) is 0.651. The smallest absolute Gasteiger partial charge is 0.335 e. The summed E-state index contributed by atoms with van der Waals surface area (Å²) in [5.41, 5.74) is 0.0119. The summed E-state index contributed by atoms with van der Waals surface area (Å²) < 4.78 is 0. The van der Waals surface area contributed by atoms with Crippen molar-refractivity contribution in [3.63, 3.8) is 0 Å². The number of benzene rings is 2. The maximum Gasteiger partial charge on any atom is 0.335 e. The topological polar surface area (TPSA) is 101 Å². The Morgan fingerprint density at radius 1 is 1.16 bits per heavy atom. The Labute approximate surface area is 107 Å². The van der Waals surface area contributed by atoms with E-state index in [1.165, 1.54) is 42.5 Å². The molecule has 96 valence electrons. The normalized spacial score (nSPS) is 10.1. The predicted octanol–water partition coefficient (Wildman–Crippen LogP) is 2.67. The highest BCUT2D eigenvalue weighted by Crippen LogP contribution is 2.37. The molecule has 0 radical (unpaired) electrons. The molecule has 0 atom stereocenters. The Bertz CT molecular complexity index is 666. The van der Waals surface area contributed by atoms with Gasteiger partial charge in [0.15, 0.2) is 0 Å². The summed E-state index contributed by atoms with van der Waals surface area (Å²) in [7, 11) is 0. The van der Waals surface area contributed by atoms with E-state index in [0.29, 0.717) is 0 Å². The van der Waals surface area contributed by atoms with Gasteiger partial charge in [-0.2, -0.15) is 0 Å². The van der Waals surface area contributed by atoms with Gasteiger partial charge in [0.25, 0.3) is 5.69 Å². The molecule has 0 aliphatic heterocycles. The minimum Gasteiger partial charge on any atom is -0.507 e. The second kappa shape index (κ2) is 4.77. The van der Waals surface area contributed by atoms with E-state index in [0.717, 1.165) is 0 Å². The van der Waals surface area contributed by atoms with Crippen LogP contribution in [0, 0.1) is 10.1 Å². The van der Waals surface area contributed by atoms with Crippen LogP contribution in [0.3, 0.4) is 0 Å². The van der Waals surface area contributed by atoms with Crippen LogP contribution < -0.4 is 0 Å².